The number of nitrogens with zero attached hydrogens (tertiary/aromatic N) is 1. The highest BCUT2D eigenvalue weighted by molar-refractivity contribution is 6.83. The van der Waals surface area contributed by atoms with Crippen molar-refractivity contribution in [1.29, 1.82) is 0 Å². The summed E-state index contributed by atoms with van der Waals surface area (Å²) in [5, 5.41) is 0.510. The molecule has 0 radical (unpaired) electrons. The molecule has 34 heavy (non-hydrogen) atoms. The summed E-state index contributed by atoms with van der Waals surface area (Å²) in [4.78, 5) is 36.5. The fourth-order valence-electron chi connectivity index (χ4n) is 3.76. The molecule has 4 rings (SSSR count). The molecule has 0 unspecified atom stereocenters. The fourth-order valence-corrected chi connectivity index (χ4v) is 5.06. The van der Waals surface area contributed by atoms with Gasteiger partial charge in [0.05, 0.1) is 0 Å². The molecule has 1 amide bonds. The van der Waals surface area contributed by atoms with E-state index in [1.54, 1.807) is 42.5 Å². The van der Waals surface area contributed by atoms with Crippen molar-refractivity contribution < 1.29 is 14.4 Å². The van der Waals surface area contributed by atoms with Crippen molar-refractivity contribution in [2.24, 2.45) is 0 Å². The molecule has 0 aliphatic heterocycles. The highest BCUT2D eigenvalue weighted by atomic mass is 28.4. The molecule has 0 saturated carbocycles. The minimum Gasteiger partial charge on any atom is -0.404 e. The van der Waals surface area contributed by atoms with Crippen LogP contribution >= 0.6 is 0 Å². The molecule has 0 fully saturated rings. The lowest BCUT2D eigenvalue weighted by atomic mass is 10.1. The zero-order chi connectivity index (χ0) is 23.8. The monoisotopic (exact) mass is 465 g/mol. The molecule has 170 valence electrons. The van der Waals surface area contributed by atoms with Crippen LogP contribution in [0.3, 0.4) is 0 Å². The first-order valence-corrected chi connectivity index (χ1v) is 13.2. The molecule has 0 aliphatic carbocycles. The van der Waals surface area contributed by atoms with Crippen LogP contribution in [0.4, 0.5) is 0 Å². The number of rotatable bonds is 8. The van der Waals surface area contributed by atoms with Crippen LogP contribution in [-0.2, 0) is 13.1 Å². The highest BCUT2D eigenvalue weighted by Gasteiger charge is 2.28. The molecule has 0 spiro atoms. The first kappa shape index (κ1) is 23.4. The van der Waals surface area contributed by atoms with Gasteiger partial charge in [-0.05, 0) is 39.7 Å². The van der Waals surface area contributed by atoms with Crippen molar-refractivity contribution >= 4 is 25.7 Å². The summed E-state index contributed by atoms with van der Waals surface area (Å²) in [6, 6.07) is 35.9. The summed E-state index contributed by atoms with van der Waals surface area (Å²) in [5.74, 6) is -0.0810. The van der Waals surface area contributed by atoms with E-state index in [-0.39, 0.29) is 5.91 Å². The van der Waals surface area contributed by atoms with Gasteiger partial charge >= 0.3 is 8.56 Å². The lowest BCUT2D eigenvalue weighted by Gasteiger charge is -2.23. The molecular weight excluding hydrogens is 438 g/mol. The van der Waals surface area contributed by atoms with E-state index in [1.165, 1.54) is 5.70 Å². The van der Waals surface area contributed by atoms with Gasteiger partial charge in [0.2, 0.25) is 0 Å². The minimum absolute atomic E-state index is 0.0810. The summed E-state index contributed by atoms with van der Waals surface area (Å²) in [7, 11) is -3.71. The van der Waals surface area contributed by atoms with E-state index in [9.17, 15) is 14.4 Å². The van der Waals surface area contributed by atoms with Crippen LogP contribution in [0.2, 0.25) is 0 Å². The largest absolute Gasteiger partial charge is 0.404 e. The van der Waals surface area contributed by atoms with E-state index < -0.39 is 8.56 Å². The first-order valence-electron chi connectivity index (χ1n) is 11.2. The highest BCUT2D eigenvalue weighted by Crippen LogP contribution is 2.16. The Kier molecular flexibility index (Phi) is 7.50. The predicted octanol–water partition coefficient (Wildman–Crippen LogP) is 4.42. The van der Waals surface area contributed by atoms with Crippen molar-refractivity contribution in [3.8, 4) is 0 Å². The maximum absolute atomic E-state index is 13.5. The van der Waals surface area contributed by atoms with Gasteiger partial charge in [-0.3, -0.25) is 4.79 Å². The quantitative estimate of drug-likeness (QED) is 0.379. The third-order valence-electron chi connectivity index (χ3n) is 5.56. The SMILES string of the molecule is O=C(c1cccc(/C=C/[Si](O)(O)c2ccccc2)c1)N(Cc1ccccc1)Cc1ccccc1. The molecule has 5 heteroatoms. The van der Waals surface area contributed by atoms with Crippen LogP contribution in [-0.4, -0.2) is 29.0 Å². The number of hydrogen-bond donors (Lipinski definition) is 2. The summed E-state index contributed by atoms with van der Waals surface area (Å²) in [5.41, 5.74) is 4.86. The van der Waals surface area contributed by atoms with E-state index in [0.717, 1.165) is 16.7 Å². The van der Waals surface area contributed by atoms with Crippen LogP contribution in [0.5, 0.6) is 0 Å². The minimum atomic E-state index is -3.71. The molecule has 0 atom stereocenters. The van der Waals surface area contributed by atoms with Gasteiger partial charge in [-0.25, -0.2) is 0 Å². The topological polar surface area (TPSA) is 60.8 Å². The van der Waals surface area contributed by atoms with E-state index in [2.05, 4.69) is 0 Å². The molecule has 0 bridgehead atoms. The van der Waals surface area contributed by atoms with E-state index >= 15 is 0 Å². The predicted molar refractivity (Wildman–Crippen MR) is 138 cm³/mol. The number of hydrogen-bond acceptors (Lipinski definition) is 3. The van der Waals surface area contributed by atoms with Gasteiger partial charge in [-0.15, -0.1) is 0 Å². The van der Waals surface area contributed by atoms with E-state index in [0.29, 0.717) is 23.8 Å². The molecule has 4 aromatic carbocycles. The normalized spacial score (nSPS) is 11.5. The van der Waals surface area contributed by atoms with Crippen molar-refractivity contribution in [3.05, 3.63) is 143 Å². The van der Waals surface area contributed by atoms with Crippen molar-refractivity contribution in [3.63, 3.8) is 0 Å². The molecule has 0 aliphatic rings. The fraction of sp³-hybridized carbons (Fsp3) is 0.0690. The van der Waals surface area contributed by atoms with E-state index in [1.807, 2.05) is 83.8 Å². The van der Waals surface area contributed by atoms with Gasteiger partial charge in [-0.1, -0.05) is 109 Å². The van der Waals surface area contributed by atoms with Crippen LogP contribution < -0.4 is 5.19 Å². The van der Waals surface area contributed by atoms with Gasteiger partial charge in [0.15, 0.2) is 0 Å². The average molecular weight is 466 g/mol. The number of carbonyl (C=O) groups excluding carboxylic acids is 1. The van der Waals surface area contributed by atoms with Gasteiger partial charge in [0, 0.05) is 18.7 Å². The Hall–Kier alpha value is -3.77. The average Bonchev–Trinajstić information content (AvgIpc) is 2.89. The van der Waals surface area contributed by atoms with Crippen LogP contribution in [0.15, 0.2) is 121 Å². The molecular formula is C29H27NO3Si. The summed E-state index contributed by atoms with van der Waals surface area (Å²) < 4.78 is 0. The Balaban J connectivity index is 1.57. The van der Waals surface area contributed by atoms with Crippen molar-refractivity contribution in [1.82, 2.24) is 4.90 Å². The van der Waals surface area contributed by atoms with Crippen molar-refractivity contribution in [2.75, 3.05) is 0 Å². The summed E-state index contributed by atoms with van der Waals surface area (Å²) in [6.07, 6.45) is 1.68. The maximum atomic E-state index is 13.5. The first-order chi connectivity index (χ1) is 16.5. The lowest BCUT2D eigenvalue weighted by molar-refractivity contribution is 0.0730. The Morgan fingerprint density at radius 3 is 1.79 bits per heavy atom. The summed E-state index contributed by atoms with van der Waals surface area (Å²) in [6.45, 7) is 0.984. The molecule has 0 aromatic heterocycles. The smallest absolute Gasteiger partial charge is 0.394 e. The standard InChI is InChI=1S/C29H27NO3Si/c31-29(30(22-25-11-4-1-5-12-25)23-26-13-6-2-7-14-26)27-16-10-15-24(21-27)19-20-34(32,33)28-17-8-3-9-18-28/h1-21,32-33H,22-23H2/b20-19+. The zero-order valence-corrected chi connectivity index (χ0v) is 19.8. The molecule has 4 nitrogen and oxygen atoms in total. The van der Waals surface area contributed by atoms with Crippen molar-refractivity contribution in [2.45, 2.75) is 13.1 Å². The number of amides is 1. The van der Waals surface area contributed by atoms with E-state index in [4.69, 9.17) is 0 Å². The Morgan fingerprint density at radius 1 is 0.706 bits per heavy atom. The van der Waals surface area contributed by atoms with Gasteiger partial charge < -0.3 is 14.5 Å². The van der Waals surface area contributed by atoms with Crippen LogP contribution in [0.1, 0.15) is 27.0 Å². The second-order valence-electron chi connectivity index (χ2n) is 8.18. The second kappa shape index (κ2) is 10.9. The third-order valence-corrected chi connectivity index (χ3v) is 7.37. The Labute approximate surface area is 201 Å². The molecule has 2 N–H and O–H groups in total. The third kappa shape index (κ3) is 6.17. The number of carbonyl (C=O) groups is 1. The van der Waals surface area contributed by atoms with Gasteiger partial charge in [-0.2, -0.15) is 0 Å². The molecule has 4 aromatic rings. The maximum Gasteiger partial charge on any atom is 0.394 e. The lowest BCUT2D eigenvalue weighted by Crippen LogP contribution is -2.46. The summed E-state index contributed by atoms with van der Waals surface area (Å²) >= 11 is 0. The van der Waals surface area contributed by atoms with Crippen LogP contribution in [0, 0.1) is 0 Å². The molecule has 0 heterocycles. The second-order valence-corrected chi connectivity index (χ2v) is 10.5. The number of benzene rings is 4. The Morgan fingerprint density at radius 2 is 1.24 bits per heavy atom. The van der Waals surface area contributed by atoms with Gasteiger partial charge in [0.25, 0.3) is 5.91 Å². The zero-order valence-electron chi connectivity index (χ0n) is 18.8. The van der Waals surface area contributed by atoms with Gasteiger partial charge in [0.1, 0.15) is 0 Å². The van der Waals surface area contributed by atoms with Crippen LogP contribution in [0.25, 0.3) is 6.08 Å². The Bertz CT molecular complexity index is 1200. The molecule has 0 saturated heterocycles.